The number of nitrogens with zero attached hydrogens (tertiary/aromatic N) is 3. The van der Waals surface area contributed by atoms with E-state index in [-0.39, 0.29) is 18.1 Å². The smallest absolute Gasteiger partial charge is 0.227 e. The largest absolute Gasteiger partial charge is 0.342 e. The number of carbonyl (C=O) groups is 1. The van der Waals surface area contributed by atoms with Crippen LogP contribution in [0.25, 0.3) is 0 Å². The lowest BCUT2D eigenvalue weighted by Crippen LogP contribution is -2.35. The summed E-state index contributed by atoms with van der Waals surface area (Å²) in [5, 5.41) is 0. The fourth-order valence-electron chi connectivity index (χ4n) is 3.56. The zero-order chi connectivity index (χ0) is 18.4. The zero-order valence-electron chi connectivity index (χ0n) is 15.3. The van der Waals surface area contributed by atoms with Gasteiger partial charge in [0.1, 0.15) is 5.82 Å². The van der Waals surface area contributed by atoms with E-state index in [1.807, 2.05) is 29.3 Å². The lowest BCUT2D eigenvalue weighted by Gasteiger charge is -2.27. The highest BCUT2D eigenvalue weighted by molar-refractivity contribution is 5.78. The summed E-state index contributed by atoms with van der Waals surface area (Å²) in [5.74, 6) is -0.285. The fraction of sp³-hybridized carbons (Fsp3) is 0.429. The molecule has 3 rings (SSSR count). The molecule has 1 fully saturated rings. The van der Waals surface area contributed by atoms with Gasteiger partial charge in [0.05, 0.1) is 12.1 Å². The van der Waals surface area contributed by atoms with Gasteiger partial charge in [0.2, 0.25) is 5.91 Å². The minimum atomic E-state index is -0.302. The molecule has 1 aromatic carbocycles. The van der Waals surface area contributed by atoms with E-state index < -0.39 is 0 Å². The number of pyridine rings is 1. The highest BCUT2D eigenvalue weighted by Gasteiger charge is 2.23. The van der Waals surface area contributed by atoms with E-state index in [9.17, 15) is 9.18 Å². The normalized spacial score (nSPS) is 18.0. The van der Waals surface area contributed by atoms with E-state index in [1.54, 1.807) is 18.2 Å². The van der Waals surface area contributed by atoms with Crippen molar-refractivity contribution in [2.75, 3.05) is 20.1 Å². The van der Waals surface area contributed by atoms with Crippen molar-refractivity contribution in [3.63, 3.8) is 0 Å². The molecule has 0 N–H and O–H groups in total. The Balaban J connectivity index is 1.54. The molecule has 1 aliphatic heterocycles. The topological polar surface area (TPSA) is 36.4 Å². The highest BCUT2D eigenvalue weighted by atomic mass is 19.1. The van der Waals surface area contributed by atoms with E-state index in [0.29, 0.717) is 11.6 Å². The SMILES string of the molecule is CN(Cc1ccccn1)C1CCCN(C(=O)Cc2ccccc2F)CC1. The summed E-state index contributed by atoms with van der Waals surface area (Å²) in [7, 11) is 2.12. The van der Waals surface area contributed by atoms with Gasteiger partial charge >= 0.3 is 0 Å². The maximum absolute atomic E-state index is 13.8. The number of amides is 1. The van der Waals surface area contributed by atoms with Gasteiger partial charge in [-0.15, -0.1) is 0 Å². The Morgan fingerprint density at radius 2 is 2.00 bits per heavy atom. The quantitative estimate of drug-likeness (QED) is 0.826. The average Bonchev–Trinajstić information content (AvgIpc) is 2.91. The Bertz CT molecular complexity index is 722. The first-order valence-corrected chi connectivity index (χ1v) is 9.25. The molecule has 1 aromatic heterocycles. The molecule has 138 valence electrons. The van der Waals surface area contributed by atoms with Crippen LogP contribution in [-0.4, -0.2) is 46.9 Å². The average molecular weight is 355 g/mol. The second-order valence-corrected chi connectivity index (χ2v) is 6.97. The third-order valence-corrected chi connectivity index (χ3v) is 5.11. The predicted molar refractivity (Wildman–Crippen MR) is 100 cm³/mol. The third-order valence-electron chi connectivity index (χ3n) is 5.11. The Morgan fingerprint density at radius 3 is 2.77 bits per heavy atom. The second-order valence-electron chi connectivity index (χ2n) is 6.97. The first-order valence-electron chi connectivity index (χ1n) is 9.25. The Hall–Kier alpha value is -2.27. The molecular formula is C21H26FN3O. The minimum absolute atomic E-state index is 0.0168. The number of halogens is 1. The summed E-state index contributed by atoms with van der Waals surface area (Å²) in [6.45, 7) is 2.29. The molecule has 1 atom stereocenters. The van der Waals surface area contributed by atoms with Gasteiger partial charge < -0.3 is 4.90 Å². The van der Waals surface area contributed by atoms with Gasteiger partial charge in [-0.3, -0.25) is 14.7 Å². The van der Waals surface area contributed by atoms with Crippen LogP contribution in [0.5, 0.6) is 0 Å². The highest BCUT2D eigenvalue weighted by Crippen LogP contribution is 2.18. The van der Waals surface area contributed by atoms with E-state index >= 15 is 0 Å². The van der Waals surface area contributed by atoms with Crippen molar-refractivity contribution < 1.29 is 9.18 Å². The minimum Gasteiger partial charge on any atom is -0.342 e. The van der Waals surface area contributed by atoms with Crippen LogP contribution in [-0.2, 0) is 17.8 Å². The van der Waals surface area contributed by atoms with Crippen LogP contribution in [0.2, 0.25) is 0 Å². The van der Waals surface area contributed by atoms with E-state index in [0.717, 1.165) is 44.6 Å². The number of likely N-dealkylation sites (tertiary alicyclic amines) is 1. The molecule has 1 aliphatic rings. The zero-order valence-corrected chi connectivity index (χ0v) is 15.3. The van der Waals surface area contributed by atoms with E-state index in [1.165, 1.54) is 6.07 Å². The molecule has 0 radical (unpaired) electrons. The predicted octanol–water partition coefficient (Wildman–Crippen LogP) is 3.28. The van der Waals surface area contributed by atoms with Crippen LogP contribution in [0, 0.1) is 5.82 Å². The molecule has 5 heteroatoms. The van der Waals surface area contributed by atoms with Gasteiger partial charge in [-0.2, -0.15) is 0 Å². The van der Waals surface area contributed by atoms with Crippen LogP contribution >= 0.6 is 0 Å². The van der Waals surface area contributed by atoms with E-state index in [4.69, 9.17) is 0 Å². The van der Waals surface area contributed by atoms with Crippen LogP contribution in [0.15, 0.2) is 48.7 Å². The van der Waals surface area contributed by atoms with Crippen molar-refractivity contribution in [3.8, 4) is 0 Å². The molecule has 1 unspecified atom stereocenters. The van der Waals surface area contributed by atoms with Gasteiger partial charge in [0.25, 0.3) is 0 Å². The van der Waals surface area contributed by atoms with Gasteiger partial charge in [-0.25, -0.2) is 4.39 Å². The summed E-state index contributed by atoms with van der Waals surface area (Å²) in [4.78, 5) is 21.2. The molecule has 1 amide bonds. The maximum atomic E-state index is 13.8. The van der Waals surface area contributed by atoms with Crippen molar-refractivity contribution in [3.05, 3.63) is 65.7 Å². The number of rotatable bonds is 5. The van der Waals surface area contributed by atoms with E-state index in [2.05, 4.69) is 16.9 Å². The Labute approximate surface area is 154 Å². The monoisotopic (exact) mass is 355 g/mol. The maximum Gasteiger partial charge on any atom is 0.227 e. The molecule has 26 heavy (non-hydrogen) atoms. The van der Waals surface area contributed by atoms with Crippen LogP contribution < -0.4 is 0 Å². The van der Waals surface area contributed by atoms with Crippen LogP contribution in [0.1, 0.15) is 30.5 Å². The lowest BCUT2D eigenvalue weighted by molar-refractivity contribution is -0.130. The molecule has 0 bridgehead atoms. The summed E-state index contributed by atoms with van der Waals surface area (Å²) in [6.07, 6.45) is 4.93. The van der Waals surface area contributed by atoms with Crippen molar-refractivity contribution in [1.82, 2.24) is 14.8 Å². The van der Waals surface area contributed by atoms with Crippen LogP contribution in [0.4, 0.5) is 4.39 Å². The number of benzene rings is 1. The van der Waals surface area contributed by atoms with Gasteiger partial charge in [0.15, 0.2) is 0 Å². The number of hydrogen-bond acceptors (Lipinski definition) is 3. The number of aromatic nitrogens is 1. The summed E-state index contributed by atoms with van der Waals surface area (Å²) in [6, 6.07) is 12.9. The summed E-state index contributed by atoms with van der Waals surface area (Å²) < 4.78 is 13.8. The molecule has 4 nitrogen and oxygen atoms in total. The molecule has 0 aliphatic carbocycles. The van der Waals surface area contributed by atoms with Crippen molar-refractivity contribution >= 4 is 5.91 Å². The standard InChI is InChI=1S/C21H26FN3O/c1-24(16-18-8-4-5-12-23-18)19-9-6-13-25(14-11-19)21(26)15-17-7-2-3-10-20(17)22/h2-5,7-8,10,12,19H,6,9,11,13-16H2,1H3. The Morgan fingerprint density at radius 1 is 1.19 bits per heavy atom. The van der Waals surface area contributed by atoms with Gasteiger partial charge in [-0.05, 0) is 50.1 Å². The van der Waals surface area contributed by atoms with Crippen molar-refractivity contribution in [1.29, 1.82) is 0 Å². The summed E-state index contributed by atoms with van der Waals surface area (Å²) in [5.41, 5.74) is 1.54. The van der Waals surface area contributed by atoms with Crippen molar-refractivity contribution in [2.45, 2.75) is 38.3 Å². The van der Waals surface area contributed by atoms with Crippen LogP contribution in [0.3, 0.4) is 0 Å². The molecule has 1 saturated heterocycles. The Kier molecular flexibility index (Phi) is 6.34. The number of hydrogen-bond donors (Lipinski definition) is 0. The third kappa shape index (κ3) is 4.88. The van der Waals surface area contributed by atoms with Crippen molar-refractivity contribution in [2.24, 2.45) is 0 Å². The fourth-order valence-corrected chi connectivity index (χ4v) is 3.56. The molecule has 2 heterocycles. The number of carbonyl (C=O) groups excluding carboxylic acids is 1. The molecule has 0 saturated carbocycles. The first-order chi connectivity index (χ1) is 12.6. The van der Waals surface area contributed by atoms with Gasteiger partial charge in [-0.1, -0.05) is 24.3 Å². The lowest BCUT2D eigenvalue weighted by atomic mass is 10.1. The second kappa shape index (κ2) is 8.90. The molecular weight excluding hydrogens is 329 g/mol. The first kappa shape index (κ1) is 18.5. The molecule has 2 aromatic rings. The summed E-state index contributed by atoms with van der Waals surface area (Å²) >= 11 is 0. The van der Waals surface area contributed by atoms with Gasteiger partial charge in [0, 0.05) is 31.9 Å². The molecule has 0 spiro atoms.